The quantitative estimate of drug-likeness (QED) is 0.769. The minimum absolute atomic E-state index is 0.191. The van der Waals surface area contributed by atoms with Gasteiger partial charge in [-0.3, -0.25) is 9.71 Å². The van der Waals surface area contributed by atoms with E-state index in [0.717, 1.165) is 0 Å². The number of fused-ring (bicyclic) bond motifs is 1. The number of hydrogen-bond donors (Lipinski definition) is 1. The van der Waals surface area contributed by atoms with E-state index in [1.165, 1.54) is 18.2 Å². The van der Waals surface area contributed by atoms with Crippen LogP contribution in [0.25, 0.3) is 0 Å². The Kier molecular flexibility index (Phi) is 3.84. The highest BCUT2D eigenvalue weighted by atomic mass is 32.2. The van der Waals surface area contributed by atoms with Crippen LogP contribution in [0.1, 0.15) is 23.0 Å². The number of aromatic nitrogens is 2. The van der Waals surface area contributed by atoms with Gasteiger partial charge < -0.3 is 4.57 Å². The highest BCUT2D eigenvalue weighted by Crippen LogP contribution is 2.29. The lowest BCUT2D eigenvalue weighted by molar-refractivity contribution is 0.595. The minimum Gasteiger partial charge on any atom is -0.336 e. The number of imidazole rings is 1. The van der Waals surface area contributed by atoms with Gasteiger partial charge in [0.1, 0.15) is 23.5 Å². The van der Waals surface area contributed by atoms with Crippen LogP contribution in [0.5, 0.6) is 0 Å². The van der Waals surface area contributed by atoms with Crippen molar-refractivity contribution in [2.75, 3.05) is 0 Å². The number of hydrogen-bond acceptors (Lipinski definition) is 4. The van der Waals surface area contributed by atoms with E-state index < -0.39 is 16.1 Å². The fourth-order valence-corrected chi connectivity index (χ4v) is 4.16. The van der Waals surface area contributed by atoms with Crippen molar-refractivity contribution in [1.82, 2.24) is 14.3 Å². The van der Waals surface area contributed by atoms with Crippen molar-refractivity contribution >= 4 is 15.9 Å². The summed E-state index contributed by atoms with van der Waals surface area (Å²) in [4.78, 5) is 9.16. The number of rotatable bonds is 3. The Balaban J connectivity index is 1.88. The van der Waals surface area contributed by atoms with Crippen LogP contribution in [-0.4, -0.2) is 23.8 Å². The smallest absolute Gasteiger partial charge is 0.263 e. The van der Waals surface area contributed by atoms with Gasteiger partial charge in [0.05, 0.1) is 4.90 Å². The Hall–Kier alpha value is -3.00. The molecule has 2 aromatic carbocycles. The van der Waals surface area contributed by atoms with Gasteiger partial charge >= 0.3 is 0 Å². The van der Waals surface area contributed by atoms with Gasteiger partial charge in [-0.1, -0.05) is 24.3 Å². The molecule has 1 aliphatic rings. The third-order valence-electron chi connectivity index (χ3n) is 4.21. The van der Waals surface area contributed by atoms with E-state index in [-0.39, 0.29) is 16.5 Å². The van der Waals surface area contributed by atoms with Crippen molar-refractivity contribution < 1.29 is 12.8 Å². The Bertz CT molecular complexity index is 1100. The van der Waals surface area contributed by atoms with Crippen molar-refractivity contribution in [3.63, 3.8) is 0 Å². The molecule has 0 saturated carbocycles. The molecular formula is C18H15FN4O2S. The van der Waals surface area contributed by atoms with Crippen LogP contribution in [-0.2, 0) is 17.1 Å². The van der Waals surface area contributed by atoms with Gasteiger partial charge in [-0.15, -0.1) is 0 Å². The Morgan fingerprint density at radius 2 is 1.88 bits per heavy atom. The zero-order chi connectivity index (χ0) is 18.3. The first-order valence-electron chi connectivity index (χ1n) is 7.88. The zero-order valence-electron chi connectivity index (χ0n) is 13.8. The van der Waals surface area contributed by atoms with Gasteiger partial charge in [-0.05, 0) is 29.8 Å². The predicted molar refractivity (Wildman–Crippen MR) is 94.8 cm³/mol. The normalized spacial score (nSPS) is 17.7. The summed E-state index contributed by atoms with van der Waals surface area (Å²) in [6, 6.07) is 12.0. The first kappa shape index (κ1) is 16.5. The summed E-state index contributed by atoms with van der Waals surface area (Å²) >= 11 is 0. The van der Waals surface area contributed by atoms with Crippen molar-refractivity contribution in [1.29, 1.82) is 0 Å². The highest BCUT2D eigenvalue weighted by Gasteiger charge is 2.31. The van der Waals surface area contributed by atoms with Crippen LogP contribution in [0, 0.1) is 5.82 Å². The fraction of sp³-hybridized carbons (Fsp3) is 0.111. The summed E-state index contributed by atoms with van der Waals surface area (Å²) in [6.07, 6.45) is 3.41. The lowest BCUT2D eigenvalue weighted by Gasteiger charge is -2.14. The largest absolute Gasteiger partial charge is 0.336 e. The Morgan fingerprint density at radius 3 is 2.58 bits per heavy atom. The summed E-state index contributed by atoms with van der Waals surface area (Å²) in [5.41, 5.74) is 1.21. The molecule has 6 nitrogen and oxygen atoms in total. The molecular weight excluding hydrogens is 355 g/mol. The number of nitrogens with one attached hydrogen (secondary N) is 1. The number of benzene rings is 2. The number of sulfonamides is 1. The van der Waals surface area contributed by atoms with E-state index in [1.54, 1.807) is 47.3 Å². The lowest BCUT2D eigenvalue weighted by atomic mass is 10.1. The molecule has 0 spiro atoms. The topological polar surface area (TPSA) is 76.3 Å². The summed E-state index contributed by atoms with van der Waals surface area (Å²) < 4.78 is 42.3. The van der Waals surface area contributed by atoms with E-state index in [1.807, 2.05) is 7.05 Å². The monoisotopic (exact) mass is 370 g/mol. The second-order valence-corrected chi connectivity index (χ2v) is 7.58. The number of aliphatic imine (C=N–C) groups is 1. The lowest BCUT2D eigenvalue weighted by Crippen LogP contribution is -2.23. The Morgan fingerprint density at radius 1 is 1.15 bits per heavy atom. The molecule has 2 heterocycles. The molecule has 132 valence electrons. The van der Waals surface area contributed by atoms with Crippen LogP contribution in [0.15, 0.2) is 70.8 Å². The summed E-state index contributed by atoms with van der Waals surface area (Å²) in [6.45, 7) is 0. The van der Waals surface area contributed by atoms with Gasteiger partial charge in [-0.25, -0.2) is 17.8 Å². The molecule has 3 aromatic rings. The molecule has 0 unspecified atom stereocenters. The molecule has 0 saturated heterocycles. The Labute approximate surface area is 150 Å². The molecule has 0 aliphatic carbocycles. The average Bonchev–Trinajstić information content (AvgIpc) is 3.15. The van der Waals surface area contributed by atoms with E-state index in [4.69, 9.17) is 0 Å². The average molecular weight is 370 g/mol. The summed E-state index contributed by atoms with van der Waals surface area (Å²) in [5, 5.41) is 0. The van der Waals surface area contributed by atoms with E-state index in [0.29, 0.717) is 17.0 Å². The minimum atomic E-state index is -3.64. The predicted octanol–water partition coefficient (Wildman–Crippen LogP) is 2.39. The number of halogens is 1. The van der Waals surface area contributed by atoms with E-state index in [2.05, 4.69) is 14.7 Å². The summed E-state index contributed by atoms with van der Waals surface area (Å²) in [5.74, 6) is 0.512. The van der Waals surface area contributed by atoms with Crippen LogP contribution >= 0.6 is 0 Å². The van der Waals surface area contributed by atoms with Crippen molar-refractivity contribution in [3.05, 3.63) is 83.7 Å². The van der Waals surface area contributed by atoms with Crippen LogP contribution in [0.3, 0.4) is 0 Å². The molecule has 0 amide bonds. The van der Waals surface area contributed by atoms with Gasteiger partial charge in [0.2, 0.25) is 0 Å². The molecule has 1 atom stereocenters. The maximum absolute atomic E-state index is 13.3. The zero-order valence-corrected chi connectivity index (χ0v) is 14.6. The van der Waals surface area contributed by atoms with Gasteiger partial charge in [0, 0.05) is 25.0 Å². The molecule has 0 fully saturated rings. The molecule has 4 rings (SSSR count). The van der Waals surface area contributed by atoms with E-state index in [9.17, 15) is 12.8 Å². The molecule has 1 aliphatic heterocycles. The van der Waals surface area contributed by atoms with Gasteiger partial charge in [-0.2, -0.15) is 0 Å². The molecule has 8 heteroatoms. The van der Waals surface area contributed by atoms with Crippen molar-refractivity contribution in [3.8, 4) is 0 Å². The molecule has 1 aromatic heterocycles. The standard InChI is InChI=1S/C18H15FN4O2S/c1-23-11-10-20-18(23)16(12-6-8-13(19)9-7-12)21-17-14-4-2-3-5-15(14)26(24,25)22-17/h2-11,16H,1H3,(H,21,22)/t16-/m0/s1. The summed E-state index contributed by atoms with van der Waals surface area (Å²) in [7, 11) is -1.81. The maximum atomic E-state index is 13.3. The van der Waals surface area contributed by atoms with Gasteiger partial charge in [0.25, 0.3) is 10.0 Å². The van der Waals surface area contributed by atoms with Crippen molar-refractivity contribution in [2.24, 2.45) is 12.0 Å². The number of aryl methyl sites for hydroxylation is 1. The number of amidine groups is 1. The maximum Gasteiger partial charge on any atom is 0.263 e. The van der Waals surface area contributed by atoms with Crippen LogP contribution in [0.4, 0.5) is 4.39 Å². The highest BCUT2D eigenvalue weighted by molar-refractivity contribution is 7.90. The fourth-order valence-electron chi connectivity index (χ4n) is 2.93. The first-order chi connectivity index (χ1) is 12.5. The SMILES string of the molecule is Cn1ccnc1[C@@H](N=C1NS(=O)(=O)c2ccccc21)c1ccc(F)cc1. The molecule has 1 N–H and O–H groups in total. The number of nitrogens with zero attached hydrogens (tertiary/aromatic N) is 3. The van der Waals surface area contributed by atoms with Crippen molar-refractivity contribution in [2.45, 2.75) is 10.9 Å². The second kappa shape index (κ2) is 6.06. The van der Waals surface area contributed by atoms with Crippen LogP contribution < -0.4 is 4.72 Å². The second-order valence-electron chi connectivity index (χ2n) is 5.93. The first-order valence-corrected chi connectivity index (χ1v) is 9.37. The third kappa shape index (κ3) is 2.78. The molecule has 0 radical (unpaired) electrons. The molecule has 26 heavy (non-hydrogen) atoms. The molecule has 0 bridgehead atoms. The third-order valence-corrected chi connectivity index (χ3v) is 5.61. The van der Waals surface area contributed by atoms with E-state index >= 15 is 0 Å². The van der Waals surface area contributed by atoms with Gasteiger partial charge in [0.15, 0.2) is 0 Å². The van der Waals surface area contributed by atoms with Crippen LogP contribution in [0.2, 0.25) is 0 Å².